The summed E-state index contributed by atoms with van der Waals surface area (Å²) in [5.74, 6) is -3.47. The lowest BCUT2D eigenvalue weighted by molar-refractivity contribution is -0.134. The fourth-order valence-corrected chi connectivity index (χ4v) is 11.8. The van der Waals surface area contributed by atoms with Gasteiger partial charge in [0, 0.05) is 93.5 Å². The van der Waals surface area contributed by atoms with Gasteiger partial charge in [0.1, 0.15) is 0 Å². The molecule has 0 spiro atoms. The number of unbranched alkanes of at least 4 members (excludes halogenated alkanes) is 3. The first-order chi connectivity index (χ1) is 42.6. The molecule has 6 aromatic carbocycles. The first-order valence-electron chi connectivity index (χ1n) is 30.5. The summed E-state index contributed by atoms with van der Waals surface area (Å²) in [4.78, 5) is 94.9. The molecule has 9 rings (SSSR count). The zero-order valence-electron chi connectivity index (χ0n) is 49.8. The molecular formula is C70H82N12O6. The maximum Gasteiger partial charge on any atom is 0.252 e. The number of benzene rings is 6. The largest absolute Gasteiger partial charge is 0.361 e. The zero-order chi connectivity index (χ0) is 62.3. The van der Waals surface area contributed by atoms with Crippen LogP contribution in [0.25, 0.3) is 32.7 Å². The van der Waals surface area contributed by atoms with Crippen molar-refractivity contribution in [2.45, 2.75) is 119 Å². The smallest absolute Gasteiger partial charge is 0.252 e. The Morgan fingerprint density at radius 2 is 0.625 bits per heavy atom. The van der Waals surface area contributed by atoms with E-state index in [0.29, 0.717) is 94.5 Å². The molecule has 0 unspecified atom stereocenters. The van der Waals surface area contributed by atoms with E-state index < -0.39 is 40.3 Å². The molecule has 18 nitrogen and oxygen atoms in total. The Bertz CT molecular complexity index is 3470. The van der Waals surface area contributed by atoms with Crippen LogP contribution in [0.1, 0.15) is 116 Å². The number of nitrogens with one attached hydrogen (secondary N) is 6. The van der Waals surface area contributed by atoms with Crippen molar-refractivity contribution in [3.8, 4) is 0 Å². The molecule has 18 heteroatoms. The number of para-hydroxylation sites is 3. The standard InChI is InChI=1S/C70H82N12O6/c71-40-10-7-37-68(74,61(83)34-25-49-43-77-58-16-4-1-13-55(49)58)65(86)80-52-28-19-46(20-29-52)64(47-21-30-53(31-22-47)81-66(87)69(75,38-8-11-41-72)62(84)35-26-50-44-78-59-17-5-2-14-56(50)59)48-23-32-54(33-24-48)82-67(88)70(76,39-9-12-42-73)63(85)36-27-51-45-79-60-18-6-3-15-57(51)60/h1-6,13-24,28-33,43-45,64,77-79H,7-12,25-27,34-42,71-76H2,(H,80,86)(H,81,87)(H,82,88)/t68-,69-,70-/m1/s1. The van der Waals surface area contributed by atoms with Crippen molar-refractivity contribution in [1.82, 2.24) is 15.0 Å². The van der Waals surface area contributed by atoms with E-state index in [2.05, 4.69) is 30.9 Å². The Hall–Kier alpha value is -8.88. The van der Waals surface area contributed by atoms with Gasteiger partial charge in [-0.2, -0.15) is 0 Å². The third kappa shape index (κ3) is 14.7. The Kier molecular flexibility index (Phi) is 21.1. The number of aromatic nitrogens is 3. The molecule has 3 atom stereocenters. The molecule has 0 saturated carbocycles. The molecule has 0 aliphatic rings. The summed E-state index contributed by atoms with van der Waals surface area (Å²) >= 11 is 0. The minimum atomic E-state index is -1.82. The first kappa shape index (κ1) is 63.6. The number of H-pyrrole nitrogens is 3. The zero-order valence-corrected chi connectivity index (χ0v) is 49.8. The van der Waals surface area contributed by atoms with Gasteiger partial charge < -0.3 is 65.3 Å². The lowest BCUT2D eigenvalue weighted by Gasteiger charge is -2.28. The third-order valence-electron chi connectivity index (χ3n) is 17.2. The summed E-state index contributed by atoms with van der Waals surface area (Å²) in [6.07, 6.45) is 10.5. The molecule has 0 fully saturated rings. The van der Waals surface area contributed by atoms with Gasteiger partial charge in [-0.15, -0.1) is 0 Å². The number of nitrogens with two attached hydrogens (primary N) is 6. The number of Topliss-reactive ketones (excluding diaryl/α,β-unsaturated/α-hetero) is 3. The van der Waals surface area contributed by atoms with Crippen LogP contribution in [0, 0.1) is 0 Å². The molecule has 88 heavy (non-hydrogen) atoms. The van der Waals surface area contributed by atoms with Crippen molar-refractivity contribution in [2.75, 3.05) is 35.6 Å². The van der Waals surface area contributed by atoms with E-state index >= 15 is 0 Å². The van der Waals surface area contributed by atoms with Gasteiger partial charge in [-0.3, -0.25) is 28.8 Å². The number of hydrogen-bond acceptors (Lipinski definition) is 12. The lowest BCUT2D eigenvalue weighted by Crippen LogP contribution is -2.57. The van der Waals surface area contributed by atoms with Gasteiger partial charge in [0.15, 0.2) is 34.0 Å². The Morgan fingerprint density at radius 3 is 0.886 bits per heavy atom. The summed E-state index contributed by atoms with van der Waals surface area (Å²) < 4.78 is 0. The van der Waals surface area contributed by atoms with Crippen molar-refractivity contribution in [3.63, 3.8) is 0 Å². The normalized spacial score (nSPS) is 13.7. The van der Waals surface area contributed by atoms with E-state index in [1.165, 1.54) is 0 Å². The summed E-state index contributed by atoms with van der Waals surface area (Å²) in [6.45, 7) is 1.15. The summed E-state index contributed by atoms with van der Waals surface area (Å²) in [5, 5.41) is 11.8. The van der Waals surface area contributed by atoms with Crippen LogP contribution in [0.4, 0.5) is 17.1 Å². The van der Waals surface area contributed by atoms with E-state index in [9.17, 15) is 28.8 Å². The second-order valence-corrected chi connectivity index (χ2v) is 23.2. The van der Waals surface area contributed by atoms with E-state index in [0.717, 1.165) is 66.1 Å². The second-order valence-electron chi connectivity index (χ2n) is 23.2. The minimum absolute atomic E-state index is 0.0545. The average Bonchev–Trinajstić information content (AvgIpc) is 2.36. The van der Waals surface area contributed by atoms with Crippen LogP contribution >= 0.6 is 0 Å². The van der Waals surface area contributed by atoms with Crippen LogP contribution in [0.3, 0.4) is 0 Å². The monoisotopic (exact) mass is 1190 g/mol. The number of rotatable bonds is 33. The minimum Gasteiger partial charge on any atom is -0.361 e. The van der Waals surface area contributed by atoms with Crippen molar-refractivity contribution in [1.29, 1.82) is 0 Å². The highest BCUT2D eigenvalue weighted by Gasteiger charge is 2.43. The molecule has 3 aromatic heterocycles. The Morgan fingerprint density at radius 1 is 0.364 bits per heavy atom. The molecule has 0 aliphatic heterocycles. The number of hydrogen-bond donors (Lipinski definition) is 12. The van der Waals surface area contributed by atoms with E-state index in [1.807, 2.05) is 128 Å². The SMILES string of the molecule is NCCCC[C@@](N)(C(=O)CCc1c[nH]c2ccccc12)C(=O)Nc1ccc(C(c2ccc(NC(=O)[C@@](N)(CCCCN)C(=O)CCc3c[nH]c4ccccc34)cc2)c2ccc(NC(=O)[C@@](N)(CCCCN)C(=O)CCc3c[nH]c4ccccc34)cc2)cc1. The number of anilines is 3. The molecule has 0 aliphatic carbocycles. The summed E-state index contributed by atoms with van der Waals surface area (Å²) in [6, 6.07) is 45.2. The third-order valence-corrected chi connectivity index (χ3v) is 17.2. The quantitative estimate of drug-likeness (QED) is 0.0104. The maximum absolute atomic E-state index is 14.3. The Balaban J connectivity index is 0.959. The second kappa shape index (κ2) is 29.2. The topological polar surface area (TPSA) is 342 Å². The number of fused-ring (bicyclic) bond motifs is 3. The van der Waals surface area contributed by atoms with Crippen molar-refractivity contribution in [2.24, 2.45) is 34.4 Å². The molecule has 9 aromatic rings. The molecule has 3 amide bonds. The summed E-state index contributed by atoms with van der Waals surface area (Å²) in [7, 11) is 0. The predicted molar refractivity (Wildman–Crippen MR) is 351 cm³/mol. The first-order valence-corrected chi connectivity index (χ1v) is 30.5. The van der Waals surface area contributed by atoms with Gasteiger partial charge in [0.25, 0.3) is 17.7 Å². The highest BCUT2D eigenvalue weighted by Crippen LogP contribution is 2.35. The number of carbonyl (C=O) groups excluding carboxylic acids is 6. The van der Waals surface area contributed by atoms with Crippen molar-refractivity contribution >= 4 is 84.8 Å². The van der Waals surface area contributed by atoms with Crippen molar-refractivity contribution < 1.29 is 28.8 Å². The molecule has 18 N–H and O–H groups in total. The van der Waals surface area contributed by atoms with Crippen LogP contribution in [0.5, 0.6) is 0 Å². The maximum atomic E-state index is 14.3. The highest BCUT2D eigenvalue weighted by atomic mass is 16.2. The van der Waals surface area contributed by atoms with Gasteiger partial charge in [0.2, 0.25) is 0 Å². The van der Waals surface area contributed by atoms with Crippen LogP contribution < -0.4 is 50.4 Å². The fourth-order valence-electron chi connectivity index (χ4n) is 11.8. The van der Waals surface area contributed by atoms with Gasteiger partial charge in [0.05, 0.1) is 0 Å². The van der Waals surface area contributed by atoms with Crippen LogP contribution in [0.2, 0.25) is 0 Å². The molecule has 3 heterocycles. The number of ketones is 3. The van der Waals surface area contributed by atoms with E-state index in [1.54, 1.807) is 36.4 Å². The number of carbonyl (C=O) groups is 6. The van der Waals surface area contributed by atoms with E-state index in [-0.39, 0.29) is 55.9 Å². The predicted octanol–water partition coefficient (Wildman–Crippen LogP) is 9.21. The molecule has 458 valence electrons. The molecule has 0 saturated heterocycles. The Labute approximate surface area is 512 Å². The van der Waals surface area contributed by atoms with Gasteiger partial charge in [-0.25, -0.2) is 0 Å². The molecular weight excluding hydrogens is 1100 g/mol. The average molecular weight is 1190 g/mol. The fraction of sp³-hybridized carbons (Fsp3) is 0.314. The van der Waals surface area contributed by atoms with Crippen LogP contribution in [-0.4, -0.2) is 86.3 Å². The van der Waals surface area contributed by atoms with Gasteiger partial charge >= 0.3 is 0 Å². The summed E-state index contributed by atoms with van der Waals surface area (Å²) in [5.41, 5.74) is 42.0. The lowest BCUT2D eigenvalue weighted by atomic mass is 9.84. The number of aryl methyl sites for hydroxylation is 3. The molecule has 0 radical (unpaired) electrons. The number of aromatic amines is 3. The van der Waals surface area contributed by atoms with Crippen LogP contribution in [-0.2, 0) is 48.0 Å². The van der Waals surface area contributed by atoms with Crippen LogP contribution in [0.15, 0.2) is 164 Å². The number of amides is 3. The van der Waals surface area contributed by atoms with Gasteiger partial charge in [-0.05, 0) is 185 Å². The highest BCUT2D eigenvalue weighted by molar-refractivity contribution is 6.17. The van der Waals surface area contributed by atoms with Gasteiger partial charge in [-0.1, -0.05) is 91.0 Å². The van der Waals surface area contributed by atoms with E-state index in [4.69, 9.17) is 34.4 Å². The van der Waals surface area contributed by atoms with Crippen molar-refractivity contribution in [3.05, 3.63) is 198 Å². The molecule has 0 bridgehead atoms.